The normalized spacial score (nSPS) is 19.0. The monoisotopic (exact) mass is 280 g/mol. The molecule has 3 heterocycles. The minimum atomic E-state index is 0.469. The molecule has 21 heavy (non-hydrogen) atoms. The first kappa shape index (κ1) is 12.7. The van der Waals surface area contributed by atoms with Crippen LogP contribution in [0.15, 0.2) is 47.3 Å². The minimum absolute atomic E-state index is 0.469. The maximum Gasteiger partial charge on any atom is 0.0947 e. The van der Waals surface area contributed by atoms with Crippen molar-refractivity contribution in [2.24, 2.45) is 0 Å². The van der Waals surface area contributed by atoms with E-state index >= 15 is 0 Å². The summed E-state index contributed by atoms with van der Waals surface area (Å²) >= 11 is 0. The first-order valence-electron chi connectivity index (χ1n) is 7.71. The summed E-state index contributed by atoms with van der Waals surface area (Å²) in [6.45, 7) is 4.34. The van der Waals surface area contributed by atoms with Crippen LogP contribution in [0, 0.1) is 0 Å². The zero-order valence-corrected chi connectivity index (χ0v) is 12.3. The van der Waals surface area contributed by atoms with Crippen molar-refractivity contribution in [2.75, 3.05) is 6.54 Å². The van der Waals surface area contributed by atoms with Crippen molar-refractivity contribution >= 4 is 10.9 Å². The molecule has 0 radical (unpaired) electrons. The second-order valence-electron chi connectivity index (χ2n) is 5.84. The first-order chi connectivity index (χ1) is 10.4. The summed E-state index contributed by atoms with van der Waals surface area (Å²) < 4.78 is 5.21. The Hall–Kier alpha value is -2.00. The number of para-hydroxylation sites is 1. The highest BCUT2D eigenvalue weighted by molar-refractivity contribution is 5.85. The largest absolute Gasteiger partial charge is 0.472 e. The molecule has 1 atom stereocenters. The molecule has 1 N–H and O–H groups in total. The molecule has 1 aliphatic rings. The Balaban J connectivity index is 1.72. The lowest BCUT2D eigenvalue weighted by Gasteiger charge is -2.35. The van der Waals surface area contributed by atoms with Crippen LogP contribution >= 0.6 is 0 Å². The molecular formula is C18H20N2O. The summed E-state index contributed by atoms with van der Waals surface area (Å²) in [6, 6.07) is 11.2. The Bertz CT molecular complexity index is 742. The van der Waals surface area contributed by atoms with Crippen molar-refractivity contribution in [2.45, 2.75) is 32.4 Å². The number of hydrogen-bond donors (Lipinski definition) is 1. The van der Waals surface area contributed by atoms with Gasteiger partial charge in [-0.3, -0.25) is 4.90 Å². The number of aromatic amines is 1. The topological polar surface area (TPSA) is 32.2 Å². The van der Waals surface area contributed by atoms with Crippen molar-refractivity contribution in [1.82, 2.24) is 9.88 Å². The standard InChI is InChI=1S/C18H20N2O/c1-2-17-18-15(14-5-3-4-6-16(14)19-18)7-9-20(17)11-13-8-10-21-12-13/h3-6,8,10,12,17,19H,2,7,9,11H2,1H3. The third-order valence-corrected chi connectivity index (χ3v) is 4.62. The first-order valence-corrected chi connectivity index (χ1v) is 7.71. The van der Waals surface area contributed by atoms with E-state index in [0.717, 1.165) is 25.9 Å². The van der Waals surface area contributed by atoms with Crippen LogP contribution < -0.4 is 0 Å². The molecule has 3 nitrogen and oxygen atoms in total. The molecule has 2 aromatic heterocycles. The van der Waals surface area contributed by atoms with Crippen LogP contribution in [0.5, 0.6) is 0 Å². The van der Waals surface area contributed by atoms with Gasteiger partial charge in [0.1, 0.15) is 0 Å². The number of nitrogens with one attached hydrogen (secondary N) is 1. The van der Waals surface area contributed by atoms with Crippen LogP contribution in [-0.2, 0) is 13.0 Å². The molecule has 108 valence electrons. The zero-order valence-electron chi connectivity index (χ0n) is 12.3. The molecule has 0 amide bonds. The third-order valence-electron chi connectivity index (χ3n) is 4.62. The summed E-state index contributed by atoms with van der Waals surface area (Å²) in [6.07, 6.45) is 5.85. The summed E-state index contributed by atoms with van der Waals surface area (Å²) in [5, 5.41) is 1.40. The molecule has 0 spiro atoms. The van der Waals surface area contributed by atoms with Crippen LogP contribution in [0.3, 0.4) is 0 Å². The van der Waals surface area contributed by atoms with Gasteiger partial charge in [0, 0.05) is 35.2 Å². The lowest BCUT2D eigenvalue weighted by molar-refractivity contribution is 0.168. The number of nitrogens with zero attached hydrogens (tertiary/aromatic N) is 1. The van der Waals surface area contributed by atoms with Gasteiger partial charge in [0.05, 0.1) is 18.6 Å². The van der Waals surface area contributed by atoms with Crippen LogP contribution in [-0.4, -0.2) is 16.4 Å². The lowest BCUT2D eigenvalue weighted by atomic mass is 9.95. The SMILES string of the molecule is CCC1c2[nH]c3ccccc3c2CCN1Cc1ccoc1. The van der Waals surface area contributed by atoms with Gasteiger partial charge in [0.15, 0.2) is 0 Å². The molecule has 1 aliphatic heterocycles. The summed E-state index contributed by atoms with van der Waals surface area (Å²) in [4.78, 5) is 6.22. The Morgan fingerprint density at radius 3 is 3.00 bits per heavy atom. The fourth-order valence-electron chi connectivity index (χ4n) is 3.64. The smallest absolute Gasteiger partial charge is 0.0947 e. The molecule has 0 bridgehead atoms. The number of benzene rings is 1. The van der Waals surface area contributed by atoms with Crippen molar-refractivity contribution in [3.05, 3.63) is 59.7 Å². The number of rotatable bonds is 3. The van der Waals surface area contributed by atoms with Gasteiger partial charge in [-0.2, -0.15) is 0 Å². The van der Waals surface area contributed by atoms with Crippen LogP contribution in [0.4, 0.5) is 0 Å². The second kappa shape index (κ2) is 5.08. The molecule has 0 saturated heterocycles. The van der Waals surface area contributed by atoms with Gasteiger partial charge in [0.2, 0.25) is 0 Å². The number of aromatic nitrogens is 1. The predicted molar refractivity (Wildman–Crippen MR) is 84.2 cm³/mol. The van der Waals surface area contributed by atoms with E-state index in [1.165, 1.54) is 27.7 Å². The molecule has 3 heteroatoms. The molecule has 0 aliphatic carbocycles. The fraction of sp³-hybridized carbons (Fsp3) is 0.333. The summed E-state index contributed by atoms with van der Waals surface area (Å²) in [7, 11) is 0. The lowest BCUT2D eigenvalue weighted by Crippen LogP contribution is -2.34. The van der Waals surface area contributed by atoms with Gasteiger partial charge in [-0.1, -0.05) is 25.1 Å². The van der Waals surface area contributed by atoms with Crippen molar-refractivity contribution in [1.29, 1.82) is 0 Å². The van der Waals surface area contributed by atoms with Gasteiger partial charge >= 0.3 is 0 Å². The molecule has 1 unspecified atom stereocenters. The number of hydrogen-bond acceptors (Lipinski definition) is 2. The van der Waals surface area contributed by atoms with Crippen molar-refractivity contribution in [3.8, 4) is 0 Å². The minimum Gasteiger partial charge on any atom is -0.472 e. The van der Waals surface area contributed by atoms with Crippen LogP contribution in [0.25, 0.3) is 10.9 Å². The zero-order chi connectivity index (χ0) is 14.2. The molecule has 0 saturated carbocycles. The maximum absolute atomic E-state index is 5.21. The fourth-order valence-corrected chi connectivity index (χ4v) is 3.64. The second-order valence-corrected chi connectivity index (χ2v) is 5.84. The Kier molecular flexibility index (Phi) is 3.08. The van der Waals surface area contributed by atoms with E-state index in [1.807, 2.05) is 6.26 Å². The molecule has 3 aromatic rings. The van der Waals surface area contributed by atoms with Crippen LogP contribution in [0.1, 0.15) is 36.2 Å². The van der Waals surface area contributed by atoms with Crippen LogP contribution in [0.2, 0.25) is 0 Å². The highest BCUT2D eigenvalue weighted by atomic mass is 16.3. The third kappa shape index (κ3) is 2.09. The van der Waals surface area contributed by atoms with E-state index in [0.29, 0.717) is 6.04 Å². The summed E-state index contributed by atoms with van der Waals surface area (Å²) in [5.41, 5.74) is 5.45. The van der Waals surface area contributed by atoms with E-state index in [4.69, 9.17) is 4.42 Å². The Labute approximate surface area is 124 Å². The van der Waals surface area contributed by atoms with E-state index in [-0.39, 0.29) is 0 Å². The molecule has 4 rings (SSSR count). The number of fused-ring (bicyclic) bond motifs is 3. The quantitative estimate of drug-likeness (QED) is 0.777. The predicted octanol–water partition coefficient (Wildman–Crippen LogP) is 4.27. The van der Waals surface area contributed by atoms with Gasteiger partial charge in [0.25, 0.3) is 0 Å². The maximum atomic E-state index is 5.21. The number of H-pyrrole nitrogens is 1. The molecule has 0 fully saturated rings. The van der Waals surface area contributed by atoms with E-state index in [2.05, 4.69) is 47.1 Å². The molecular weight excluding hydrogens is 260 g/mol. The van der Waals surface area contributed by atoms with Gasteiger partial charge < -0.3 is 9.40 Å². The molecule has 1 aromatic carbocycles. The summed E-state index contributed by atoms with van der Waals surface area (Å²) in [5.74, 6) is 0. The Morgan fingerprint density at radius 2 is 2.19 bits per heavy atom. The van der Waals surface area contributed by atoms with E-state index in [9.17, 15) is 0 Å². The van der Waals surface area contributed by atoms with Gasteiger partial charge in [-0.25, -0.2) is 0 Å². The Morgan fingerprint density at radius 1 is 1.29 bits per heavy atom. The van der Waals surface area contributed by atoms with Gasteiger partial charge in [-0.05, 0) is 30.5 Å². The van der Waals surface area contributed by atoms with E-state index < -0.39 is 0 Å². The average Bonchev–Trinajstić information content (AvgIpc) is 3.14. The van der Waals surface area contributed by atoms with Crippen molar-refractivity contribution in [3.63, 3.8) is 0 Å². The van der Waals surface area contributed by atoms with Gasteiger partial charge in [-0.15, -0.1) is 0 Å². The average molecular weight is 280 g/mol. The number of furan rings is 1. The highest BCUT2D eigenvalue weighted by Gasteiger charge is 2.29. The highest BCUT2D eigenvalue weighted by Crippen LogP contribution is 2.36. The van der Waals surface area contributed by atoms with E-state index in [1.54, 1.807) is 6.26 Å². The van der Waals surface area contributed by atoms with Crippen molar-refractivity contribution < 1.29 is 4.42 Å².